The van der Waals surface area contributed by atoms with Gasteiger partial charge in [0.25, 0.3) is 0 Å². The van der Waals surface area contributed by atoms with Gasteiger partial charge >= 0.3 is 5.97 Å². The van der Waals surface area contributed by atoms with Gasteiger partial charge in [-0.2, -0.15) is 0 Å². The SMILES string of the molecule is CC1CCCC(C(=O)N/C(=C/c2ccc(Oc3ccccc3Br)cc2)C(=O)O)C1. The smallest absolute Gasteiger partial charge is 0.352 e. The minimum atomic E-state index is -1.16. The average molecular weight is 458 g/mol. The predicted octanol–water partition coefficient (Wildman–Crippen LogP) is 5.61. The van der Waals surface area contributed by atoms with E-state index in [2.05, 4.69) is 28.2 Å². The molecule has 2 atom stereocenters. The van der Waals surface area contributed by atoms with Crippen molar-refractivity contribution in [1.82, 2.24) is 5.32 Å². The molecule has 0 aliphatic heterocycles. The summed E-state index contributed by atoms with van der Waals surface area (Å²) >= 11 is 3.44. The number of rotatable bonds is 6. The van der Waals surface area contributed by atoms with Crippen molar-refractivity contribution >= 4 is 33.9 Å². The summed E-state index contributed by atoms with van der Waals surface area (Å²) in [5, 5.41) is 12.1. The molecular formula is C23H24BrNO4. The summed E-state index contributed by atoms with van der Waals surface area (Å²) < 4.78 is 6.66. The number of nitrogens with one attached hydrogen (secondary N) is 1. The molecule has 2 aromatic rings. The van der Waals surface area contributed by atoms with Crippen molar-refractivity contribution in [3.05, 3.63) is 64.3 Å². The number of hydrogen-bond acceptors (Lipinski definition) is 3. The molecule has 1 aliphatic rings. The van der Waals surface area contributed by atoms with Crippen LogP contribution in [0.25, 0.3) is 6.08 Å². The minimum absolute atomic E-state index is 0.118. The Balaban J connectivity index is 1.69. The third kappa shape index (κ3) is 5.94. The maximum Gasteiger partial charge on any atom is 0.352 e. The van der Waals surface area contributed by atoms with Gasteiger partial charge in [-0.1, -0.05) is 44.0 Å². The highest BCUT2D eigenvalue weighted by atomic mass is 79.9. The van der Waals surface area contributed by atoms with Crippen LogP contribution in [0, 0.1) is 11.8 Å². The van der Waals surface area contributed by atoms with Crippen molar-refractivity contribution in [2.24, 2.45) is 11.8 Å². The molecule has 6 heteroatoms. The quantitative estimate of drug-likeness (QED) is 0.552. The fourth-order valence-corrected chi connectivity index (χ4v) is 3.88. The molecular weight excluding hydrogens is 434 g/mol. The highest BCUT2D eigenvalue weighted by Crippen LogP contribution is 2.30. The maximum atomic E-state index is 12.5. The Labute approximate surface area is 178 Å². The monoisotopic (exact) mass is 457 g/mol. The van der Waals surface area contributed by atoms with Gasteiger partial charge in [-0.15, -0.1) is 0 Å². The molecule has 0 saturated heterocycles. The molecule has 3 rings (SSSR count). The van der Waals surface area contributed by atoms with Gasteiger partial charge in [0.2, 0.25) is 5.91 Å². The van der Waals surface area contributed by atoms with E-state index in [9.17, 15) is 14.7 Å². The summed E-state index contributed by atoms with van der Waals surface area (Å²) in [4.78, 5) is 24.1. The van der Waals surface area contributed by atoms with Crippen LogP contribution in [0.15, 0.2) is 58.7 Å². The van der Waals surface area contributed by atoms with Crippen LogP contribution >= 0.6 is 15.9 Å². The van der Waals surface area contributed by atoms with E-state index in [1.54, 1.807) is 24.3 Å². The number of carboxylic acid groups (broad SMARTS) is 1. The van der Waals surface area contributed by atoms with E-state index >= 15 is 0 Å². The standard InChI is InChI=1S/C23H24BrNO4/c1-15-5-4-6-17(13-15)22(26)25-20(23(27)28)14-16-9-11-18(12-10-16)29-21-8-3-2-7-19(21)24/h2-3,7-12,14-15,17H,4-6,13H2,1H3,(H,25,26)(H,27,28)/b20-14+. The van der Waals surface area contributed by atoms with Crippen molar-refractivity contribution in [2.75, 3.05) is 0 Å². The summed E-state index contributed by atoms with van der Waals surface area (Å²) in [5.74, 6) is 0.326. The molecule has 0 bridgehead atoms. The second-order valence-electron chi connectivity index (χ2n) is 7.42. The van der Waals surface area contributed by atoms with Crippen LogP contribution in [0.1, 0.15) is 38.2 Å². The van der Waals surface area contributed by atoms with Gasteiger partial charge in [-0.05, 0) is 70.6 Å². The lowest BCUT2D eigenvalue weighted by atomic mass is 9.82. The van der Waals surface area contributed by atoms with E-state index in [4.69, 9.17) is 4.74 Å². The van der Waals surface area contributed by atoms with Crippen molar-refractivity contribution in [2.45, 2.75) is 32.6 Å². The topological polar surface area (TPSA) is 75.6 Å². The van der Waals surface area contributed by atoms with Crippen LogP contribution in [0.2, 0.25) is 0 Å². The number of benzene rings is 2. The Bertz CT molecular complexity index is 907. The van der Waals surface area contributed by atoms with Crippen LogP contribution < -0.4 is 10.1 Å². The fourth-order valence-electron chi connectivity index (χ4n) is 3.51. The first kappa shape index (κ1) is 21.1. The highest BCUT2D eigenvalue weighted by molar-refractivity contribution is 9.10. The zero-order valence-electron chi connectivity index (χ0n) is 16.2. The molecule has 1 amide bonds. The van der Waals surface area contributed by atoms with Crippen molar-refractivity contribution < 1.29 is 19.4 Å². The first-order chi connectivity index (χ1) is 13.9. The summed E-state index contributed by atoms with van der Waals surface area (Å²) in [6.45, 7) is 2.13. The number of aliphatic carboxylic acids is 1. The number of carbonyl (C=O) groups is 2. The average Bonchev–Trinajstić information content (AvgIpc) is 2.70. The van der Waals surface area contributed by atoms with Crippen LogP contribution in [-0.4, -0.2) is 17.0 Å². The third-order valence-electron chi connectivity index (χ3n) is 5.05. The van der Waals surface area contributed by atoms with Crippen LogP contribution in [0.4, 0.5) is 0 Å². The Morgan fingerprint density at radius 2 is 1.86 bits per heavy atom. The maximum absolute atomic E-state index is 12.5. The number of para-hydroxylation sites is 1. The largest absolute Gasteiger partial charge is 0.477 e. The van der Waals surface area contributed by atoms with Gasteiger partial charge in [-0.25, -0.2) is 4.79 Å². The predicted molar refractivity (Wildman–Crippen MR) is 116 cm³/mol. The zero-order valence-corrected chi connectivity index (χ0v) is 17.8. The molecule has 29 heavy (non-hydrogen) atoms. The van der Waals surface area contributed by atoms with Crippen LogP contribution in [0.3, 0.4) is 0 Å². The van der Waals surface area contributed by atoms with Gasteiger partial charge in [0.15, 0.2) is 0 Å². The first-order valence-corrected chi connectivity index (χ1v) is 10.5. The van der Waals surface area contributed by atoms with Crippen molar-refractivity contribution in [3.63, 3.8) is 0 Å². The number of hydrogen-bond donors (Lipinski definition) is 2. The molecule has 1 aliphatic carbocycles. The Kier molecular flexibility index (Phi) is 7.09. The molecule has 1 fully saturated rings. The fraction of sp³-hybridized carbons (Fsp3) is 0.304. The second-order valence-corrected chi connectivity index (χ2v) is 8.28. The van der Waals surface area contributed by atoms with E-state index < -0.39 is 5.97 Å². The Morgan fingerprint density at radius 3 is 2.52 bits per heavy atom. The Hall–Kier alpha value is -2.60. The molecule has 2 unspecified atom stereocenters. The van der Waals surface area contributed by atoms with Crippen LogP contribution in [-0.2, 0) is 9.59 Å². The van der Waals surface area contributed by atoms with Gasteiger partial charge in [0.1, 0.15) is 17.2 Å². The molecule has 1 saturated carbocycles. The van der Waals surface area contributed by atoms with Gasteiger partial charge < -0.3 is 15.2 Å². The van der Waals surface area contributed by atoms with E-state index in [1.165, 1.54) is 6.08 Å². The number of carbonyl (C=O) groups excluding carboxylic acids is 1. The van der Waals surface area contributed by atoms with E-state index in [0.29, 0.717) is 23.0 Å². The number of amides is 1. The van der Waals surface area contributed by atoms with E-state index in [1.807, 2.05) is 24.3 Å². The zero-order chi connectivity index (χ0) is 20.8. The lowest BCUT2D eigenvalue weighted by Gasteiger charge is -2.25. The summed E-state index contributed by atoms with van der Waals surface area (Å²) in [6, 6.07) is 14.6. The number of halogens is 1. The lowest BCUT2D eigenvalue weighted by Crippen LogP contribution is -2.35. The van der Waals surface area contributed by atoms with Crippen LogP contribution in [0.5, 0.6) is 11.5 Å². The van der Waals surface area contributed by atoms with Gasteiger partial charge in [0, 0.05) is 5.92 Å². The number of ether oxygens (including phenoxy) is 1. The molecule has 5 nitrogen and oxygen atoms in total. The van der Waals surface area contributed by atoms with E-state index in [0.717, 1.165) is 30.2 Å². The molecule has 0 spiro atoms. The summed E-state index contributed by atoms with van der Waals surface area (Å²) in [5.41, 5.74) is 0.548. The third-order valence-corrected chi connectivity index (χ3v) is 5.71. The van der Waals surface area contributed by atoms with Crippen molar-refractivity contribution in [1.29, 1.82) is 0 Å². The normalized spacial score (nSPS) is 19.4. The molecule has 2 N–H and O–H groups in total. The minimum Gasteiger partial charge on any atom is -0.477 e. The number of carboxylic acids is 1. The van der Waals surface area contributed by atoms with Crippen molar-refractivity contribution in [3.8, 4) is 11.5 Å². The molecule has 0 radical (unpaired) electrons. The first-order valence-electron chi connectivity index (χ1n) is 9.70. The molecule has 2 aromatic carbocycles. The molecule has 0 heterocycles. The lowest BCUT2D eigenvalue weighted by molar-refractivity contribution is -0.135. The summed E-state index contributed by atoms with van der Waals surface area (Å²) in [7, 11) is 0. The van der Waals surface area contributed by atoms with Gasteiger partial charge in [0.05, 0.1) is 4.47 Å². The molecule has 152 valence electrons. The van der Waals surface area contributed by atoms with E-state index in [-0.39, 0.29) is 17.5 Å². The highest BCUT2D eigenvalue weighted by Gasteiger charge is 2.26. The summed E-state index contributed by atoms with van der Waals surface area (Å²) in [6.07, 6.45) is 5.21. The second kappa shape index (κ2) is 9.74. The Morgan fingerprint density at radius 1 is 1.14 bits per heavy atom. The molecule has 0 aromatic heterocycles. The van der Waals surface area contributed by atoms with Gasteiger partial charge in [-0.3, -0.25) is 4.79 Å².